The standard InChI is InChI=1S/C22H15BrN2O3S2/c23-14-7-5-13(6-8-14)12-29-22-25-18-10-9-15(11-19(18)30-22)24-20(26)16-3-1-2-4-17(16)21(27)28/h1-11H,12H2,(H,24,26)(H,27,28). The number of carbonyl (C=O) groups excluding carboxylic acids is 1. The van der Waals surface area contributed by atoms with E-state index in [1.165, 1.54) is 17.7 Å². The van der Waals surface area contributed by atoms with Crippen molar-refractivity contribution in [3.05, 3.63) is 87.9 Å². The summed E-state index contributed by atoms with van der Waals surface area (Å²) in [5.74, 6) is -0.768. The molecule has 5 nitrogen and oxygen atoms in total. The van der Waals surface area contributed by atoms with Gasteiger partial charge in [0.25, 0.3) is 5.91 Å². The lowest BCUT2D eigenvalue weighted by Crippen LogP contribution is -2.16. The van der Waals surface area contributed by atoms with Crippen LogP contribution in [0.2, 0.25) is 0 Å². The van der Waals surface area contributed by atoms with Gasteiger partial charge in [0.1, 0.15) is 0 Å². The van der Waals surface area contributed by atoms with Gasteiger partial charge in [-0.15, -0.1) is 11.3 Å². The minimum Gasteiger partial charge on any atom is -0.478 e. The first kappa shape index (κ1) is 20.6. The number of thioether (sulfide) groups is 1. The number of nitrogens with one attached hydrogen (secondary N) is 1. The second-order valence-electron chi connectivity index (χ2n) is 6.38. The van der Waals surface area contributed by atoms with E-state index in [1.807, 2.05) is 24.3 Å². The van der Waals surface area contributed by atoms with E-state index in [4.69, 9.17) is 0 Å². The minimum absolute atomic E-state index is 0.0273. The predicted molar refractivity (Wildman–Crippen MR) is 125 cm³/mol. The quantitative estimate of drug-likeness (QED) is 0.305. The number of nitrogens with zero attached hydrogens (tertiary/aromatic N) is 1. The maximum atomic E-state index is 12.6. The highest BCUT2D eigenvalue weighted by Crippen LogP contribution is 2.33. The molecule has 0 saturated carbocycles. The van der Waals surface area contributed by atoms with Crippen LogP contribution in [0.15, 0.2) is 75.5 Å². The number of thiazole rings is 1. The van der Waals surface area contributed by atoms with E-state index in [0.717, 1.165) is 24.8 Å². The summed E-state index contributed by atoms with van der Waals surface area (Å²) < 4.78 is 2.96. The van der Waals surface area contributed by atoms with Gasteiger partial charge < -0.3 is 10.4 Å². The Labute approximate surface area is 189 Å². The molecule has 1 aromatic heterocycles. The second-order valence-corrected chi connectivity index (χ2v) is 9.55. The molecule has 4 aromatic rings. The fourth-order valence-corrected chi connectivity index (χ4v) is 5.16. The Kier molecular flexibility index (Phi) is 6.17. The first-order valence-electron chi connectivity index (χ1n) is 8.91. The van der Waals surface area contributed by atoms with Gasteiger partial charge in [-0.25, -0.2) is 9.78 Å². The molecule has 30 heavy (non-hydrogen) atoms. The SMILES string of the molecule is O=C(O)c1ccccc1C(=O)Nc1ccc2nc(SCc3ccc(Br)cc3)sc2c1. The van der Waals surface area contributed by atoms with Crippen molar-refractivity contribution in [1.82, 2.24) is 4.98 Å². The summed E-state index contributed by atoms with van der Waals surface area (Å²) in [5, 5.41) is 12.1. The van der Waals surface area contributed by atoms with Gasteiger partial charge in [0.05, 0.1) is 21.3 Å². The Balaban J connectivity index is 1.49. The maximum absolute atomic E-state index is 12.6. The van der Waals surface area contributed by atoms with Gasteiger partial charge in [0, 0.05) is 15.9 Å². The molecule has 0 radical (unpaired) electrons. The van der Waals surface area contributed by atoms with Crippen molar-refractivity contribution in [2.75, 3.05) is 5.32 Å². The Bertz CT molecular complexity index is 1240. The summed E-state index contributed by atoms with van der Waals surface area (Å²) >= 11 is 6.67. The van der Waals surface area contributed by atoms with Crippen LogP contribution in [0, 0.1) is 0 Å². The van der Waals surface area contributed by atoms with Crippen LogP contribution in [0.4, 0.5) is 5.69 Å². The highest BCUT2D eigenvalue weighted by atomic mass is 79.9. The zero-order chi connectivity index (χ0) is 21.1. The zero-order valence-corrected chi connectivity index (χ0v) is 18.7. The monoisotopic (exact) mass is 498 g/mol. The summed E-state index contributed by atoms with van der Waals surface area (Å²) in [5.41, 5.74) is 2.77. The van der Waals surface area contributed by atoms with Gasteiger partial charge in [-0.1, -0.05) is 52.0 Å². The average Bonchev–Trinajstić information content (AvgIpc) is 3.15. The summed E-state index contributed by atoms with van der Waals surface area (Å²) in [6.07, 6.45) is 0. The lowest BCUT2D eigenvalue weighted by atomic mass is 10.1. The molecule has 1 heterocycles. The third kappa shape index (κ3) is 4.72. The van der Waals surface area contributed by atoms with Crippen molar-refractivity contribution in [1.29, 1.82) is 0 Å². The van der Waals surface area contributed by atoms with Gasteiger partial charge in [-0.3, -0.25) is 4.79 Å². The number of amides is 1. The number of rotatable bonds is 6. The number of carboxylic acids is 1. The van der Waals surface area contributed by atoms with Gasteiger partial charge >= 0.3 is 5.97 Å². The number of benzene rings is 3. The number of aromatic carboxylic acids is 1. The van der Waals surface area contributed by atoms with E-state index < -0.39 is 11.9 Å². The molecular formula is C22H15BrN2O3S2. The van der Waals surface area contributed by atoms with Gasteiger partial charge in [0.2, 0.25) is 0 Å². The zero-order valence-electron chi connectivity index (χ0n) is 15.5. The topological polar surface area (TPSA) is 79.3 Å². The van der Waals surface area contributed by atoms with Gasteiger partial charge in [-0.2, -0.15) is 0 Å². The summed E-state index contributed by atoms with van der Waals surface area (Å²) in [6, 6.07) is 19.8. The van der Waals surface area contributed by atoms with Crippen molar-refractivity contribution >= 4 is 66.8 Å². The number of aromatic nitrogens is 1. The molecule has 3 aromatic carbocycles. The lowest BCUT2D eigenvalue weighted by Gasteiger charge is -2.07. The van der Waals surface area contributed by atoms with Crippen molar-refractivity contribution in [2.24, 2.45) is 0 Å². The van der Waals surface area contributed by atoms with Crippen molar-refractivity contribution in [2.45, 2.75) is 10.1 Å². The normalized spacial score (nSPS) is 10.8. The highest BCUT2D eigenvalue weighted by Gasteiger charge is 2.16. The first-order chi connectivity index (χ1) is 14.5. The van der Waals surface area contributed by atoms with E-state index >= 15 is 0 Å². The minimum atomic E-state index is -1.13. The number of hydrogen-bond donors (Lipinski definition) is 2. The average molecular weight is 499 g/mol. The molecule has 0 aliphatic heterocycles. The van der Waals surface area contributed by atoms with E-state index in [0.29, 0.717) is 5.69 Å². The molecule has 1 amide bonds. The van der Waals surface area contributed by atoms with Crippen LogP contribution in [0.5, 0.6) is 0 Å². The van der Waals surface area contributed by atoms with Crippen molar-refractivity contribution in [3.8, 4) is 0 Å². The van der Waals surface area contributed by atoms with Crippen LogP contribution < -0.4 is 5.32 Å². The van der Waals surface area contributed by atoms with E-state index in [1.54, 1.807) is 41.3 Å². The van der Waals surface area contributed by atoms with Crippen LogP contribution in [-0.4, -0.2) is 22.0 Å². The Morgan fingerprint density at radius 2 is 1.77 bits per heavy atom. The maximum Gasteiger partial charge on any atom is 0.336 e. The molecule has 0 aliphatic carbocycles. The van der Waals surface area contributed by atoms with Crippen LogP contribution in [0.25, 0.3) is 10.2 Å². The van der Waals surface area contributed by atoms with E-state index in [9.17, 15) is 14.7 Å². The molecule has 0 unspecified atom stereocenters. The molecule has 8 heteroatoms. The second kappa shape index (κ2) is 8.99. The largest absolute Gasteiger partial charge is 0.478 e. The molecule has 2 N–H and O–H groups in total. The molecule has 0 aliphatic rings. The third-order valence-electron chi connectivity index (χ3n) is 4.30. The first-order valence-corrected chi connectivity index (χ1v) is 11.5. The number of fused-ring (bicyclic) bond motifs is 1. The predicted octanol–water partition coefficient (Wildman–Crippen LogP) is 6.30. The number of hydrogen-bond acceptors (Lipinski definition) is 5. The summed E-state index contributed by atoms with van der Waals surface area (Å²) in [6.45, 7) is 0. The van der Waals surface area contributed by atoms with Crippen molar-refractivity contribution in [3.63, 3.8) is 0 Å². The number of carboxylic acid groups (broad SMARTS) is 1. The molecule has 0 atom stereocenters. The van der Waals surface area contributed by atoms with Crippen LogP contribution in [-0.2, 0) is 5.75 Å². The van der Waals surface area contributed by atoms with Crippen molar-refractivity contribution < 1.29 is 14.7 Å². The van der Waals surface area contributed by atoms with Gasteiger partial charge in [-0.05, 0) is 48.0 Å². The van der Waals surface area contributed by atoms with Gasteiger partial charge in [0.15, 0.2) is 4.34 Å². The molecule has 0 fully saturated rings. The fourth-order valence-electron chi connectivity index (χ4n) is 2.83. The Hall–Kier alpha value is -2.68. The van der Waals surface area contributed by atoms with E-state index in [-0.39, 0.29) is 11.1 Å². The molecule has 0 saturated heterocycles. The smallest absolute Gasteiger partial charge is 0.336 e. The fraction of sp³-hybridized carbons (Fsp3) is 0.0455. The molecular weight excluding hydrogens is 484 g/mol. The molecule has 0 bridgehead atoms. The van der Waals surface area contributed by atoms with Crippen LogP contribution in [0.1, 0.15) is 26.3 Å². The summed E-state index contributed by atoms with van der Waals surface area (Å²) in [4.78, 5) is 28.6. The Morgan fingerprint density at radius 1 is 1.03 bits per heavy atom. The van der Waals surface area contributed by atoms with E-state index in [2.05, 4.69) is 38.4 Å². The third-order valence-corrected chi connectivity index (χ3v) is 7.07. The van der Waals surface area contributed by atoms with Crippen LogP contribution >= 0.6 is 39.0 Å². The number of anilines is 1. The molecule has 0 spiro atoms. The highest BCUT2D eigenvalue weighted by molar-refractivity contribution is 9.10. The summed E-state index contributed by atoms with van der Waals surface area (Å²) in [7, 11) is 0. The van der Waals surface area contributed by atoms with Crippen LogP contribution in [0.3, 0.4) is 0 Å². The number of halogens is 1. The lowest BCUT2D eigenvalue weighted by molar-refractivity contribution is 0.0692. The Morgan fingerprint density at radius 3 is 2.50 bits per heavy atom. The number of carbonyl (C=O) groups is 2. The molecule has 4 rings (SSSR count). The molecule has 150 valence electrons.